The molecule has 122 valence electrons. The Hall–Kier alpha value is -1.84. The molecule has 0 atom stereocenters. The Kier molecular flexibility index (Phi) is 6.15. The van der Waals surface area contributed by atoms with Crippen molar-refractivity contribution in [2.75, 3.05) is 18.4 Å². The lowest BCUT2D eigenvalue weighted by Gasteiger charge is -2.30. The summed E-state index contributed by atoms with van der Waals surface area (Å²) >= 11 is 0. The average molecular weight is 304 g/mol. The molecule has 1 rings (SSSR count). The number of carbonyl (C=O) groups excluding carboxylic acids is 2. The lowest BCUT2D eigenvalue weighted by Crippen LogP contribution is -2.47. The second kappa shape index (κ2) is 7.43. The van der Waals surface area contributed by atoms with E-state index >= 15 is 0 Å². The van der Waals surface area contributed by atoms with Crippen LogP contribution < -0.4 is 5.32 Å². The lowest BCUT2D eigenvalue weighted by molar-refractivity contribution is -0.146. The molecule has 0 heterocycles. The van der Waals surface area contributed by atoms with Crippen molar-refractivity contribution in [3.63, 3.8) is 0 Å². The van der Waals surface area contributed by atoms with E-state index in [1.807, 2.05) is 39.0 Å². The van der Waals surface area contributed by atoms with E-state index in [9.17, 15) is 9.59 Å². The monoisotopic (exact) mass is 304 g/mol. The first-order chi connectivity index (χ1) is 10.3. The van der Waals surface area contributed by atoms with Crippen LogP contribution >= 0.6 is 0 Å². The van der Waals surface area contributed by atoms with Gasteiger partial charge in [0.25, 0.3) is 0 Å². The fourth-order valence-corrected chi connectivity index (χ4v) is 2.48. The fourth-order valence-electron chi connectivity index (χ4n) is 2.48. The molecule has 4 heteroatoms. The number of benzene rings is 1. The number of hydrogen-bond acceptors (Lipinski definition) is 2. The van der Waals surface area contributed by atoms with E-state index < -0.39 is 5.41 Å². The maximum absolute atomic E-state index is 12.7. The summed E-state index contributed by atoms with van der Waals surface area (Å²) in [6, 6.07) is 5.95. The topological polar surface area (TPSA) is 49.4 Å². The highest BCUT2D eigenvalue weighted by atomic mass is 16.2. The van der Waals surface area contributed by atoms with E-state index in [1.165, 1.54) is 0 Å². The van der Waals surface area contributed by atoms with Gasteiger partial charge in [-0.1, -0.05) is 25.1 Å². The van der Waals surface area contributed by atoms with Crippen LogP contribution in [0.25, 0.3) is 0 Å². The van der Waals surface area contributed by atoms with Crippen molar-refractivity contribution in [1.82, 2.24) is 4.90 Å². The second-order valence-corrected chi connectivity index (χ2v) is 6.02. The number of rotatable bonds is 6. The van der Waals surface area contributed by atoms with Crippen LogP contribution in [0.2, 0.25) is 0 Å². The molecule has 0 spiro atoms. The maximum Gasteiger partial charge on any atom is 0.239 e. The predicted molar refractivity (Wildman–Crippen MR) is 90.9 cm³/mol. The van der Waals surface area contributed by atoms with Crippen molar-refractivity contribution >= 4 is 17.5 Å². The van der Waals surface area contributed by atoms with Gasteiger partial charge in [-0.15, -0.1) is 0 Å². The third-order valence-electron chi connectivity index (χ3n) is 4.13. The Morgan fingerprint density at radius 1 is 1.14 bits per heavy atom. The highest BCUT2D eigenvalue weighted by Gasteiger charge is 2.38. The van der Waals surface area contributed by atoms with Crippen LogP contribution in [0, 0.1) is 12.3 Å². The van der Waals surface area contributed by atoms with Crippen molar-refractivity contribution in [3.8, 4) is 0 Å². The minimum absolute atomic E-state index is 0.137. The normalized spacial score (nSPS) is 11.2. The summed E-state index contributed by atoms with van der Waals surface area (Å²) in [6.45, 7) is 12.5. The van der Waals surface area contributed by atoms with Crippen LogP contribution in [-0.2, 0) is 16.0 Å². The minimum Gasteiger partial charge on any atom is -0.342 e. The summed E-state index contributed by atoms with van der Waals surface area (Å²) in [5.74, 6) is -0.393. The number of carbonyl (C=O) groups is 2. The largest absolute Gasteiger partial charge is 0.342 e. The highest BCUT2D eigenvalue weighted by Crippen LogP contribution is 2.26. The van der Waals surface area contributed by atoms with Gasteiger partial charge in [0.2, 0.25) is 11.8 Å². The van der Waals surface area contributed by atoms with E-state index in [4.69, 9.17) is 0 Å². The Balaban J connectivity index is 3.04. The number of para-hydroxylation sites is 1. The molecule has 0 fully saturated rings. The van der Waals surface area contributed by atoms with E-state index in [0.717, 1.165) is 23.2 Å². The molecular weight excluding hydrogens is 276 g/mol. The van der Waals surface area contributed by atoms with Gasteiger partial charge in [0, 0.05) is 18.8 Å². The molecule has 22 heavy (non-hydrogen) atoms. The van der Waals surface area contributed by atoms with Crippen LogP contribution in [0.3, 0.4) is 0 Å². The van der Waals surface area contributed by atoms with Crippen LogP contribution in [0.5, 0.6) is 0 Å². The highest BCUT2D eigenvalue weighted by molar-refractivity contribution is 6.10. The van der Waals surface area contributed by atoms with E-state index in [0.29, 0.717) is 13.1 Å². The van der Waals surface area contributed by atoms with Gasteiger partial charge in [-0.2, -0.15) is 0 Å². The third-order valence-corrected chi connectivity index (χ3v) is 4.13. The van der Waals surface area contributed by atoms with Crippen LogP contribution in [0.1, 0.15) is 45.7 Å². The third kappa shape index (κ3) is 3.67. The molecule has 0 bridgehead atoms. The zero-order valence-corrected chi connectivity index (χ0v) is 14.6. The van der Waals surface area contributed by atoms with Gasteiger partial charge in [-0.05, 0) is 52.2 Å². The average Bonchev–Trinajstić information content (AvgIpc) is 2.50. The SMILES string of the molecule is CCc1cccc(C)c1NC(=O)C(C)(C)C(=O)N(CC)CC. The first-order valence-corrected chi connectivity index (χ1v) is 7.98. The summed E-state index contributed by atoms with van der Waals surface area (Å²) in [5, 5.41) is 2.97. The first kappa shape index (κ1) is 18.2. The second-order valence-electron chi connectivity index (χ2n) is 6.02. The van der Waals surface area contributed by atoms with E-state index in [1.54, 1.807) is 18.7 Å². The summed E-state index contributed by atoms with van der Waals surface area (Å²) in [5.41, 5.74) is 1.84. The smallest absolute Gasteiger partial charge is 0.239 e. The standard InChI is InChI=1S/C18H28N2O2/c1-7-14-12-10-11-13(4)15(14)19-16(21)18(5,6)17(22)20(8-2)9-3/h10-12H,7-9H2,1-6H3,(H,19,21). The molecule has 1 aromatic rings. The van der Waals surface area contributed by atoms with E-state index in [-0.39, 0.29) is 11.8 Å². The Bertz CT molecular complexity index is 546. The first-order valence-electron chi connectivity index (χ1n) is 7.98. The molecule has 1 N–H and O–H groups in total. The summed E-state index contributed by atoms with van der Waals surface area (Å²) in [4.78, 5) is 26.9. The van der Waals surface area contributed by atoms with Gasteiger partial charge < -0.3 is 10.2 Å². The quantitative estimate of drug-likeness (QED) is 0.819. The minimum atomic E-state index is -1.08. The molecule has 0 saturated carbocycles. The predicted octanol–water partition coefficient (Wildman–Crippen LogP) is 3.39. The van der Waals surface area contributed by atoms with Crippen molar-refractivity contribution in [3.05, 3.63) is 29.3 Å². The number of amides is 2. The van der Waals surface area contributed by atoms with Crippen molar-refractivity contribution in [2.45, 2.75) is 48.0 Å². The van der Waals surface area contributed by atoms with Crippen molar-refractivity contribution in [1.29, 1.82) is 0 Å². The molecule has 1 aromatic carbocycles. The van der Waals surface area contributed by atoms with Gasteiger partial charge >= 0.3 is 0 Å². The molecule has 4 nitrogen and oxygen atoms in total. The van der Waals surface area contributed by atoms with Crippen molar-refractivity contribution in [2.24, 2.45) is 5.41 Å². The maximum atomic E-state index is 12.7. The number of aryl methyl sites for hydroxylation is 2. The molecular formula is C18H28N2O2. The van der Waals surface area contributed by atoms with Gasteiger partial charge in [0.05, 0.1) is 0 Å². The zero-order valence-electron chi connectivity index (χ0n) is 14.6. The number of nitrogens with one attached hydrogen (secondary N) is 1. The molecule has 0 aliphatic carbocycles. The summed E-state index contributed by atoms with van der Waals surface area (Å²) in [7, 11) is 0. The zero-order chi connectivity index (χ0) is 16.9. The van der Waals surface area contributed by atoms with Gasteiger partial charge in [0.1, 0.15) is 5.41 Å². The lowest BCUT2D eigenvalue weighted by atomic mass is 9.89. The molecule has 0 unspecified atom stereocenters. The van der Waals surface area contributed by atoms with Gasteiger partial charge in [-0.3, -0.25) is 9.59 Å². The number of anilines is 1. The number of hydrogen-bond donors (Lipinski definition) is 1. The Morgan fingerprint density at radius 2 is 1.73 bits per heavy atom. The van der Waals surface area contributed by atoms with Crippen LogP contribution in [0.4, 0.5) is 5.69 Å². The molecule has 0 aliphatic rings. The van der Waals surface area contributed by atoms with E-state index in [2.05, 4.69) is 12.2 Å². The number of nitrogens with zero attached hydrogens (tertiary/aromatic N) is 1. The fraction of sp³-hybridized carbons (Fsp3) is 0.556. The van der Waals surface area contributed by atoms with Gasteiger partial charge in [-0.25, -0.2) is 0 Å². The van der Waals surface area contributed by atoms with Crippen molar-refractivity contribution < 1.29 is 9.59 Å². The van der Waals surface area contributed by atoms with Gasteiger partial charge in [0.15, 0.2) is 0 Å². The summed E-state index contributed by atoms with van der Waals surface area (Å²) in [6.07, 6.45) is 0.835. The Labute approximate surface area is 133 Å². The molecule has 0 radical (unpaired) electrons. The van der Waals surface area contributed by atoms with Crippen LogP contribution in [0.15, 0.2) is 18.2 Å². The molecule has 0 aromatic heterocycles. The Morgan fingerprint density at radius 3 is 2.23 bits per heavy atom. The summed E-state index contributed by atoms with van der Waals surface area (Å²) < 4.78 is 0. The molecule has 0 aliphatic heterocycles. The molecule has 2 amide bonds. The molecule has 0 saturated heterocycles. The van der Waals surface area contributed by atoms with Crippen LogP contribution in [-0.4, -0.2) is 29.8 Å².